The van der Waals surface area contributed by atoms with E-state index in [0.717, 1.165) is 17.9 Å². The Morgan fingerprint density at radius 3 is 1.67 bits per heavy atom. The summed E-state index contributed by atoms with van der Waals surface area (Å²) in [7, 11) is -1.69. The first-order valence-electron chi connectivity index (χ1n) is 8.03. The van der Waals surface area contributed by atoms with Crippen molar-refractivity contribution < 1.29 is 4.39 Å². The molecule has 0 heterocycles. The van der Waals surface area contributed by atoms with Crippen LogP contribution in [0.3, 0.4) is 0 Å². The Bertz CT molecular complexity index is 717. The monoisotopic (exact) mass is 356 g/mol. The molecule has 0 saturated carbocycles. The molecule has 24 heavy (non-hydrogen) atoms. The lowest BCUT2D eigenvalue weighted by Gasteiger charge is -2.27. The summed E-state index contributed by atoms with van der Waals surface area (Å²) in [6.45, 7) is 0. The molecule has 0 amide bonds. The third-order valence-corrected chi connectivity index (χ3v) is 9.25. The zero-order chi connectivity index (χ0) is 16.8. The van der Waals surface area contributed by atoms with Crippen molar-refractivity contribution in [2.45, 2.75) is 6.16 Å². The molecule has 0 aliphatic rings. The van der Waals surface area contributed by atoms with E-state index in [0.29, 0.717) is 5.88 Å². The van der Waals surface area contributed by atoms with Gasteiger partial charge in [-0.25, -0.2) is 4.39 Å². The van der Waals surface area contributed by atoms with Gasteiger partial charge in [0.25, 0.3) is 0 Å². The summed E-state index contributed by atoms with van der Waals surface area (Å²) in [5, 5.41) is 2.70. The van der Waals surface area contributed by atoms with Crippen molar-refractivity contribution in [1.82, 2.24) is 0 Å². The summed E-state index contributed by atoms with van der Waals surface area (Å²) in [6, 6.07) is 28.1. The van der Waals surface area contributed by atoms with Crippen LogP contribution in [0.25, 0.3) is 0 Å². The minimum Gasteiger partial charge on any atom is -0.207 e. The summed E-state index contributed by atoms with van der Waals surface area (Å²) >= 11 is 6.24. The first-order chi connectivity index (χ1) is 11.7. The van der Waals surface area contributed by atoms with Gasteiger partial charge in [0, 0.05) is 0 Å². The van der Waals surface area contributed by atoms with E-state index in [9.17, 15) is 4.39 Å². The molecule has 0 bridgehead atoms. The van der Waals surface area contributed by atoms with Crippen molar-refractivity contribution in [3.8, 4) is 0 Å². The molecule has 3 heteroatoms. The van der Waals surface area contributed by atoms with Crippen LogP contribution in [0.15, 0.2) is 84.9 Å². The van der Waals surface area contributed by atoms with E-state index in [1.165, 1.54) is 10.6 Å². The third-order valence-electron chi connectivity index (χ3n) is 4.33. The second-order valence-corrected chi connectivity index (χ2v) is 9.95. The molecule has 0 aliphatic carbocycles. The fourth-order valence-electron chi connectivity index (χ4n) is 3.14. The minimum atomic E-state index is -1.69. The van der Waals surface area contributed by atoms with Gasteiger partial charge in [0.15, 0.2) is 0 Å². The SMILES string of the molecule is [18F]c1ccc(C[P+](CCCl)(c2ccccc2)c2ccccc2)cc1. The third kappa shape index (κ3) is 3.69. The van der Waals surface area contributed by atoms with Crippen LogP contribution in [0.4, 0.5) is 4.39 Å². The molecular weight excluding hydrogens is 337 g/mol. The highest BCUT2D eigenvalue weighted by Gasteiger charge is 2.42. The molecule has 0 spiro atoms. The van der Waals surface area contributed by atoms with Crippen LogP contribution in [0, 0.1) is 5.82 Å². The van der Waals surface area contributed by atoms with Gasteiger partial charge in [-0.15, -0.1) is 11.6 Å². The van der Waals surface area contributed by atoms with Crippen molar-refractivity contribution >= 4 is 29.5 Å². The van der Waals surface area contributed by atoms with Crippen LogP contribution >= 0.6 is 18.9 Å². The predicted molar refractivity (Wildman–Crippen MR) is 105 cm³/mol. The van der Waals surface area contributed by atoms with Gasteiger partial charge in [0.1, 0.15) is 5.82 Å². The van der Waals surface area contributed by atoms with Gasteiger partial charge >= 0.3 is 0 Å². The van der Waals surface area contributed by atoms with Crippen molar-refractivity contribution in [2.24, 2.45) is 0 Å². The molecule has 0 atom stereocenters. The molecule has 122 valence electrons. The van der Waals surface area contributed by atoms with Crippen molar-refractivity contribution in [1.29, 1.82) is 0 Å². The number of rotatable bonds is 6. The first-order valence-corrected chi connectivity index (χ1v) is 10.7. The van der Waals surface area contributed by atoms with Crippen LogP contribution in [0.1, 0.15) is 5.56 Å². The second-order valence-electron chi connectivity index (χ2n) is 5.84. The molecule has 0 radical (unpaired) electrons. The van der Waals surface area contributed by atoms with E-state index < -0.39 is 7.26 Å². The fourth-order valence-corrected chi connectivity index (χ4v) is 7.95. The average Bonchev–Trinajstić information content (AvgIpc) is 2.64. The number of hydrogen-bond donors (Lipinski definition) is 0. The molecule has 3 aromatic carbocycles. The van der Waals surface area contributed by atoms with Crippen molar-refractivity contribution in [2.75, 3.05) is 12.0 Å². The summed E-state index contributed by atoms with van der Waals surface area (Å²) in [6.07, 6.45) is 1.83. The van der Waals surface area contributed by atoms with Gasteiger partial charge < -0.3 is 0 Å². The van der Waals surface area contributed by atoms with Crippen LogP contribution in [0.5, 0.6) is 0 Å². The van der Waals surface area contributed by atoms with E-state index in [-0.39, 0.29) is 5.82 Å². The standard InChI is InChI=1S/C21H20ClFP/c22-15-16-24(20-7-3-1-4-8-20,21-9-5-2-6-10-21)17-18-11-13-19(23)14-12-18/h1-14H,15-17H2/q+1/i23-1. The largest absolute Gasteiger partial charge is 0.207 e. The van der Waals surface area contributed by atoms with Crippen LogP contribution in [-0.2, 0) is 6.16 Å². The highest BCUT2D eigenvalue weighted by atomic mass is 35.5. The quantitative estimate of drug-likeness (QED) is 0.419. The van der Waals surface area contributed by atoms with Gasteiger partial charge in [0.05, 0.1) is 36.1 Å². The smallest absolute Gasteiger partial charge is 0.123 e. The van der Waals surface area contributed by atoms with Crippen LogP contribution < -0.4 is 10.6 Å². The molecule has 3 rings (SSSR count). The van der Waals surface area contributed by atoms with Gasteiger partial charge in [-0.2, -0.15) is 0 Å². The Morgan fingerprint density at radius 1 is 0.708 bits per heavy atom. The Balaban J connectivity index is 2.12. The lowest BCUT2D eigenvalue weighted by molar-refractivity contribution is 0.627. The number of alkyl halides is 1. The number of benzene rings is 3. The lowest BCUT2D eigenvalue weighted by atomic mass is 10.2. The molecule has 0 aliphatic heterocycles. The van der Waals surface area contributed by atoms with Gasteiger partial charge in [-0.1, -0.05) is 48.5 Å². The van der Waals surface area contributed by atoms with Crippen LogP contribution in [0.2, 0.25) is 0 Å². The predicted octanol–water partition coefficient (Wildman–Crippen LogP) is 5.23. The molecule has 0 unspecified atom stereocenters. The van der Waals surface area contributed by atoms with Gasteiger partial charge in [0.2, 0.25) is 0 Å². The van der Waals surface area contributed by atoms with E-state index in [2.05, 4.69) is 48.5 Å². The van der Waals surface area contributed by atoms with Gasteiger partial charge in [-0.3, -0.25) is 0 Å². The van der Waals surface area contributed by atoms with Crippen molar-refractivity contribution in [3.05, 3.63) is 96.3 Å². The fraction of sp³-hybridized carbons (Fsp3) is 0.143. The maximum Gasteiger partial charge on any atom is 0.123 e. The van der Waals surface area contributed by atoms with E-state index in [1.54, 1.807) is 12.1 Å². The first kappa shape index (κ1) is 17.1. The topological polar surface area (TPSA) is 0 Å². The summed E-state index contributed by atoms with van der Waals surface area (Å²) in [5.74, 6) is 0.415. The molecule has 0 nitrogen and oxygen atoms in total. The molecule has 0 aromatic heterocycles. The second kappa shape index (κ2) is 7.92. The maximum atomic E-state index is 13.3. The molecule has 0 N–H and O–H groups in total. The van der Waals surface area contributed by atoms with E-state index in [4.69, 9.17) is 11.6 Å². The Morgan fingerprint density at radius 2 is 1.21 bits per heavy atom. The summed E-state index contributed by atoms with van der Waals surface area (Å²) < 4.78 is 13.3. The normalized spacial score (nSPS) is 11.4. The van der Waals surface area contributed by atoms with Crippen LogP contribution in [-0.4, -0.2) is 12.0 Å². The highest BCUT2D eigenvalue weighted by molar-refractivity contribution is 7.88. The van der Waals surface area contributed by atoms with E-state index >= 15 is 0 Å². The highest BCUT2D eigenvalue weighted by Crippen LogP contribution is 2.59. The Labute approximate surface area is 148 Å². The number of hydrogen-bond acceptors (Lipinski definition) is 0. The Kier molecular flexibility index (Phi) is 5.66. The van der Waals surface area contributed by atoms with Crippen molar-refractivity contribution in [3.63, 3.8) is 0 Å². The maximum absolute atomic E-state index is 13.3. The molecular formula is C21H20ClFP+. The lowest BCUT2D eigenvalue weighted by Crippen LogP contribution is -2.27. The minimum absolute atomic E-state index is 0.195. The number of halogens is 2. The van der Waals surface area contributed by atoms with Gasteiger partial charge in [-0.05, 0) is 42.0 Å². The Hall–Kier alpha value is -1.69. The summed E-state index contributed by atoms with van der Waals surface area (Å²) in [4.78, 5) is 0. The van der Waals surface area contributed by atoms with E-state index in [1.807, 2.05) is 24.3 Å². The molecule has 0 saturated heterocycles. The molecule has 0 fully saturated rings. The summed E-state index contributed by atoms with van der Waals surface area (Å²) in [5.41, 5.74) is 1.16. The zero-order valence-corrected chi connectivity index (χ0v) is 15.1. The zero-order valence-electron chi connectivity index (χ0n) is 13.4. The average molecular weight is 357 g/mol. The molecule has 3 aromatic rings.